The van der Waals surface area contributed by atoms with Crippen LogP contribution in [0.2, 0.25) is 5.02 Å². The number of rotatable bonds is 4. The second kappa shape index (κ2) is 8.03. The van der Waals surface area contributed by atoms with Crippen LogP contribution in [0, 0.1) is 11.3 Å². The summed E-state index contributed by atoms with van der Waals surface area (Å²) in [6.45, 7) is 4.58. The van der Waals surface area contributed by atoms with Crippen LogP contribution in [0.15, 0.2) is 42.5 Å². The molecule has 128 valence electrons. The number of likely N-dealkylation sites (N-methyl/N-ethyl adjacent to an activating group) is 1. The van der Waals surface area contributed by atoms with Gasteiger partial charge < -0.3 is 9.92 Å². The van der Waals surface area contributed by atoms with Gasteiger partial charge in [-0.1, -0.05) is 41.9 Å². The third-order valence-corrected chi connectivity index (χ3v) is 5.04. The molecule has 0 atom stereocenters. The molecule has 0 radical (unpaired) electrons. The fourth-order valence-electron chi connectivity index (χ4n) is 3.05. The van der Waals surface area contributed by atoms with E-state index in [2.05, 4.69) is 29.0 Å². The van der Waals surface area contributed by atoms with Gasteiger partial charge in [0.25, 0.3) is 0 Å². The molecule has 1 fully saturated rings. The Balaban J connectivity index is 1.67. The minimum Gasteiger partial charge on any atom is -0.443 e. The predicted octanol–water partition coefficient (Wildman–Crippen LogP) is 1.06. The lowest BCUT2D eigenvalue weighted by molar-refractivity contribution is 0.148. The van der Waals surface area contributed by atoms with Crippen LogP contribution in [0.1, 0.15) is 11.1 Å². The van der Waals surface area contributed by atoms with Gasteiger partial charge in [0.2, 0.25) is 0 Å². The van der Waals surface area contributed by atoms with Crippen LogP contribution in [0.3, 0.4) is 0 Å². The second-order valence-electron chi connectivity index (χ2n) is 6.57. The van der Waals surface area contributed by atoms with Crippen molar-refractivity contribution in [1.82, 2.24) is 9.80 Å². The molecule has 0 aromatic heterocycles. The van der Waals surface area contributed by atoms with Crippen LogP contribution >= 0.6 is 11.6 Å². The molecule has 2 aromatic carbocycles. The van der Waals surface area contributed by atoms with E-state index in [0.717, 1.165) is 38.2 Å². The zero-order valence-electron chi connectivity index (χ0n) is 14.3. The number of hydrogen-bond donors (Lipinski definition) is 1. The molecule has 1 aliphatic heterocycles. The van der Waals surface area contributed by atoms with Crippen molar-refractivity contribution < 1.29 is 5.02 Å². The number of benzene rings is 2. The third kappa shape index (κ3) is 4.42. The molecule has 6 heteroatoms. The third-order valence-electron chi connectivity index (χ3n) is 4.73. The largest absolute Gasteiger partial charge is 0.443 e. The maximum absolute atomic E-state index is 10.6. The Kier molecular flexibility index (Phi) is 5.77. The molecule has 3 rings (SSSR count). The summed E-state index contributed by atoms with van der Waals surface area (Å²) in [7, 11) is 2.16. The van der Waals surface area contributed by atoms with E-state index in [0.29, 0.717) is 16.0 Å². The fourth-order valence-corrected chi connectivity index (χ4v) is 3.29. The van der Waals surface area contributed by atoms with E-state index in [1.165, 1.54) is 5.56 Å². The average Bonchev–Trinajstić information content (AvgIpc) is 2.63. The molecule has 4 nitrogen and oxygen atoms in total. The maximum Gasteiger partial charge on any atom is 0.359 e. The fraction of sp³-hybridized carbons (Fsp3) is 0.316. The van der Waals surface area contributed by atoms with Crippen LogP contribution in [-0.2, 0) is 6.54 Å². The standard InChI is InChI=1S/C19H21BClN3O/c1-23-8-10-24(11-9-23)14-15-2-5-17(6-3-15)20(25)18-7-4-16(13-22)19(21)12-18/h2-7,12,25H,8-11,14H2,1H3. The lowest BCUT2D eigenvalue weighted by Crippen LogP contribution is -2.44. The second-order valence-corrected chi connectivity index (χ2v) is 6.98. The first-order valence-electron chi connectivity index (χ1n) is 8.44. The summed E-state index contributed by atoms with van der Waals surface area (Å²) < 4.78 is 0. The molecule has 0 amide bonds. The van der Waals surface area contributed by atoms with Gasteiger partial charge in [-0.15, -0.1) is 0 Å². The SMILES string of the molecule is CN1CCN(Cc2ccc(B(O)c3ccc(C#N)c(Cl)c3)cc2)CC1. The van der Waals surface area contributed by atoms with Crippen molar-refractivity contribution in [3.63, 3.8) is 0 Å². The molecule has 0 unspecified atom stereocenters. The Morgan fingerprint density at radius 2 is 1.72 bits per heavy atom. The van der Waals surface area contributed by atoms with E-state index in [1.54, 1.807) is 18.2 Å². The first-order chi connectivity index (χ1) is 12.1. The van der Waals surface area contributed by atoms with Crippen molar-refractivity contribution in [3.8, 4) is 6.07 Å². The zero-order chi connectivity index (χ0) is 17.8. The van der Waals surface area contributed by atoms with Crippen molar-refractivity contribution in [1.29, 1.82) is 5.26 Å². The van der Waals surface area contributed by atoms with Gasteiger partial charge in [0, 0.05) is 32.7 Å². The Morgan fingerprint density at radius 3 is 2.32 bits per heavy atom. The molecule has 0 spiro atoms. The molecule has 1 aliphatic rings. The van der Waals surface area contributed by atoms with E-state index in [4.69, 9.17) is 16.9 Å². The number of nitriles is 1. The van der Waals surface area contributed by atoms with Gasteiger partial charge >= 0.3 is 6.92 Å². The minimum absolute atomic E-state index is 0.366. The summed E-state index contributed by atoms with van der Waals surface area (Å²) in [6.07, 6.45) is 0. The molecule has 0 bridgehead atoms. The summed E-state index contributed by atoms with van der Waals surface area (Å²) in [5, 5.41) is 19.9. The molecule has 2 aromatic rings. The Hall–Kier alpha value is -1.84. The van der Waals surface area contributed by atoms with Gasteiger partial charge in [0.05, 0.1) is 10.6 Å². The molecule has 25 heavy (non-hydrogen) atoms. The van der Waals surface area contributed by atoms with Crippen LogP contribution in [0.4, 0.5) is 0 Å². The highest BCUT2D eigenvalue weighted by atomic mass is 35.5. The van der Waals surface area contributed by atoms with Gasteiger partial charge in [-0.25, -0.2) is 0 Å². The van der Waals surface area contributed by atoms with Crippen molar-refractivity contribution in [2.24, 2.45) is 0 Å². The highest BCUT2D eigenvalue weighted by Crippen LogP contribution is 2.13. The number of hydrogen-bond acceptors (Lipinski definition) is 4. The minimum atomic E-state index is -0.747. The Bertz CT molecular complexity index is 767. The maximum atomic E-state index is 10.6. The Labute approximate surface area is 154 Å². The van der Waals surface area contributed by atoms with Crippen LogP contribution in [-0.4, -0.2) is 55.0 Å². The normalized spacial score (nSPS) is 15.8. The smallest absolute Gasteiger partial charge is 0.359 e. The Morgan fingerprint density at radius 1 is 1.08 bits per heavy atom. The summed E-state index contributed by atoms with van der Waals surface area (Å²) >= 11 is 6.06. The van der Waals surface area contributed by atoms with Crippen molar-refractivity contribution in [3.05, 3.63) is 58.6 Å². The van der Waals surface area contributed by atoms with Crippen LogP contribution < -0.4 is 10.9 Å². The first-order valence-corrected chi connectivity index (χ1v) is 8.82. The summed E-state index contributed by atoms with van der Waals surface area (Å²) in [6, 6.07) is 15.1. The summed E-state index contributed by atoms with van der Waals surface area (Å²) in [4.78, 5) is 4.80. The summed E-state index contributed by atoms with van der Waals surface area (Å²) in [5.74, 6) is 0. The highest BCUT2D eigenvalue weighted by molar-refractivity contribution is 6.79. The number of halogens is 1. The molecule has 1 N–H and O–H groups in total. The molecule has 1 saturated heterocycles. The van der Waals surface area contributed by atoms with E-state index in [1.807, 2.05) is 18.2 Å². The van der Waals surface area contributed by atoms with Gasteiger partial charge in [0.15, 0.2) is 0 Å². The monoisotopic (exact) mass is 353 g/mol. The predicted molar refractivity (Wildman–Crippen MR) is 103 cm³/mol. The van der Waals surface area contributed by atoms with Gasteiger partial charge in [-0.05, 0) is 35.7 Å². The van der Waals surface area contributed by atoms with Crippen molar-refractivity contribution in [2.45, 2.75) is 6.54 Å². The van der Waals surface area contributed by atoms with Gasteiger partial charge in [-0.3, -0.25) is 4.90 Å². The number of piperazine rings is 1. The molecular weight excluding hydrogens is 332 g/mol. The highest BCUT2D eigenvalue weighted by Gasteiger charge is 2.19. The zero-order valence-corrected chi connectivity index (χ0v) is 15.1. The van der Waals surface area contributed by atoms with E-state index in [9.17, 15) is 5.02 Å². The quantitative estimate of drug-likeness (QED) is 0.835. The van der Waals surface area contributed by atoms with Crippen molar-refractivity contribution >= 4 is 29.4 Å². The van der Waals surface area contributed by atoms with E-state index >= 15 is 0 Å². The molecule has 1 heterocycles. The van der Waals surface area contributed by atoms with E-state index in [-0.39, 0.29) is 0 Å². The van der Waals surface area contributed by atoms with Gasteiger partial charge in [-0.2, -0.15) is 5.26 Å². The summed E-state index contributed by atoms with van der Waals surface area (Å²) in [5.41, 5.74) is 3.18. The van der Waals surface area contributed by atoms with Crippen molar-refractivity contribution in [2.75, 3.05) is 33.2 Å². The molecule has 0 saturated carbocycles. The first kappa shape index (κ1) is 18.0. The van der Waals surface area contributed by atoms with E-state index < -0.39 is 6.92 Å². The lowest BCUT2D eigenvalue weighted by Gasteiger charge is -2.32. The van der Waals surface area contributed by atoms with Crippen LogP contribution in [0.5, 0.6) is 0 Å². The molecular formula is C19H21BClN3O. The number of nitrogens with zero attached hydrogens (tertiary/aromatic N) is 3. The van der Waals surface area contributed by atoms with Crippen LogP contribution in [0.25, 0.3) is 0 Å². The molecule has 0 aliphatic carbocycles. The topological polar surface area (TPSA) is 50.5 Å². The average molecular weight is 354 g/mol. The van der Waals surface area contributed by atoms with Gasteiger partial charge in [0.1, 0.15) is 6.07 Å². The lowest BCUT2D eigenvalue weighted by atomic mass is 9.56.